The van der Waals surface area contributed by atoms with E-state index in [1.807, 2.05) is 5.38 Å². The van der Waals surface area contributed by atoms with Gasteiger partial charge < -0.3 is 10.6 Å². The summed E-state index contributed by atoms with van der Waals surface area (Å²) < 4.78 is 0. The Balaban J connectivity index is 1.61. The van der Waals surface area contributed by atoms with Gasteiger partial charge in [0.05, 0.1) is 0 Å². The van der Waals surface area contributed by atoms with Gasteiger partial charge in [0.1, 0.15) is 17.1 Å². The van der Waals surface area contributed by atoms with E-state index in [9.17, 15) is 4.79 Å². The van der Waals surface area contributed by atoms with Crippen LogP contribution in [-0.4, -0.2) is 41.1 Å². The third kappa shape index (κ3) is 2.89. The van der Waals surface area contributed by atoms with E-state index in [4.69, 9.17) is 0 Å². The lowest BCUT2D eigenvalue weighted by Crippen LogP contribution is -2.35. The van der Waals surface area contributed by atoms with Crippen molar-refractivity contribution in [2.45, 2.75) is 25.3 Å². The van der Waals surface area contributed by atoms with Crippen LogP contribution in [0.4, 0.5) is 10.8 Å². The van der Waals surface area contributed by atoms with Crippen molar-refractivity contribution in [3.8, 4) is 11.4 Å². The Kier molecular flexibility index (Phi) is 3.88. The van der Waals surface area contributed by atoms with Gasteiger partial charge in [-0.1, -0.05) is 0 Å². The molecule has 2 aromatic rings. The van der Waals surface area contributed by atoms with Gasteiger partial charge in [-0.05, 0) is 32.0 Å². The molecule has 0 aliphatic carbocycles. The largest absolute Gasteiger partial charge is 0.359 e. The summed E-state index contributed by atoms with van der Waals surface area (Å²) in [6, 6.07) is 2.20. The van der Waals surface area contributed by atoms with Crippen molar-refractivity contribution in [1.29, 1.82) is 0 Å². The lowest BCUT2D eigenvalue weighted by molar-refractivity contribution is 0.100. The predicted octanol–water partition coefficient (Wildman–Crippen LogP) is 2.66. The first-order chi connectivity index (χ1) is 11.3. The monoisotopic (exact) mass is 327 g/mol. The number of rotatable bonds is 3. The number of thiazole rings is 1. The highest BCUT2D eigenvalue weighted by molar-refractivity contribution is 7.14. The van der Waals surface area contributed by atoms with E-state index in [1.165, 1.54) is 0 Å². The molecule has 23 heavy (non-hydrogen) atoms. The molecule has 6 nitrogen and oxygen atoms in total. The van der Waals surface area contributed by atoms with Crippen molar-refractivity contribution in [2.24, 2.45) is 4.99 Å². The highest BCUT2D eigenvalue weighted by atomic mass is 32.1. The molecule has 2 aromatic heterocycles. The smallest absolute Gasteiger partial charge is 0.183 e. The van der Waals surface area contributed by atoms with Gasteiger partial charge in [0.2, 0.25) is 0 Å². The second-order valence-electron chi connectivity index (χ2n) is 5.70. The molecule has 1 saturated heterocycles. The number of nitrogens with zero attached hydrogens (tertiary/aromatic N) is 3. The number of hydrogen-bond acceptors (Lipinski definition) is 7. The summed E-state index contributed by atoms with van der Waals surface area (Å²) >= 11 is 1.57. The molecule has 0 bridgehead atoms. The number of piperidine rings is 1. The lowest BCUT2D eigenvalue weighted by Gasteiger charge is -2.23. The molecule has 4 heterocycles. The molecule has 2 aliphatic rings. The average molecular weight is 327 g/mol. The molecule has 2 aliphatic heterocycles. The van der Waals surface area contributed by atoms with Crippen LogP contribution in [0, 0.1) is 0 Å². The molecule has 1 fully saturated rings. The van der Waals surface area contributed by atoms with Crippen molar-refractivity contribution in [3.63, 3.8) is 0 Å². The number of carbonyl (C=O) groups is 1. The van der Waals surface area contributed by atoms with Crippen LogP contribution >= 0.6 is 11.3 Å². The van der Waals surface area contributed by atoms with Gasteiger partial charge in [0, 0.05) is 35.8 Å². The normalized spacial score (nSPS) is 18.0. The van der Waals surface area contributed by atoms with Crippen LogP contribution in [0.5, 0.6) is 0 Å². The van der Waals surface area contributed by atoms with Gasteiger partial charge >= 0.3 is 0 Å². The van der Waals surface area contributed by atoms with Gasteiger partial charge in [-0.15, -0.1) is 11.3 Å². The third-order valence-electron chi connectivity index (χ3n) is 4.14. The maximum atomic E-state index is 12.0. The fraction of sp³-hybridized carbons (Fsp3) is 0.375. The van der Waals surface area contributed by atoms with Crippen molar-refractivity contribution in [1.82, 2.24) is 15.3 Å². The van der Waals surface area contributed by atoms with E-state index in [2.05, 4.69) is 25.6 Å². The topological polar surface area (TPSA) is 79.3 Å². The minimum Gasteiger partial charge on any atom is -0.359 e. The first-order valence-corrected chi connectivity index (χ1v) is 8.67. The van der Waals surface area contributed by atoms with Gasteiger partial charge in [-0.2, -0.15) is 0 Å². The van der Waals surface area contributed by atoms with Gasteiger partial charge in [0.25, 0.3) is 0 Å². The lowest BCUT2D eigenvalue weighted by atomic mass is 10.0. The van der Waals surface area contributed by atoms with E-state index in [0.29, 0.717) is 29.4 Å². The summed E-state index contributed by atoms with van der Waals surface area (Å²) in [5.41, 5.74) is 2.73. The summed E-state index contributed by atoms with van der Waals surface area (Å²) in [7, 11) is 0. The molecule has 118 valence electrons. The Morgan fingerprint density at radius 2 is 2.17 bits per heavy atom. The summed E-state index contributed by atoms with van der Waals surface area (Å²) in [5.74, 6) is 0.0851. The molecule has 7 heteroatoms. The summed E-state index contributed by atoms with van der Waals surface area (Å²) in [6.07, 6.45) is 5.87. The zero-order chi connectivity index (χ0) is 15.6. The number of carbonyl (C=O) groups excluding carboxylic acids is 1. The highest BCUT2D eigenvalue weighted by Gasteiger charge is 2.21. The van der Waals surface area contributed by atoms with Crippen LogP contribution in [0.2, 0.25) is 0 Å². The fourth-order valence-corrected chi connectivity index (χ4v) is 3.69. The molecular formula is C16H17N5OS. The molecule has 0 spiro atoms. The molecule has 0 radical (unpaired) electrons. The Morgan fingerprint density at radius 3 is 3.04 bits per heavy atom. The number of anilines is 1. The molecular weight excluding hydrogens is 310 g/mol. The van der Waals surface area contributed by atoms with E-state index < -0.39 is 0 Å². The van der Waals surface area contributed by atoms with Gasteiger partial charge in [-0.25, -0.2) is 4.98 Å². The Hall–Kier alpha value is -2.12. The minimum atomic E-state index is 0.0851. The second kappa shape index (κ2) is 6.17. The third-order valence-corrected chi connectivity index (χ3v) is 4.91. The van der Waals surface area contributed by atoms with Crippen molar-refractivity contribution >= 4 is 34.2 Å². The minimum absolute atomic E-state index is 0.0851. The van der Waals surface area contributed by atoms with Crippen LogP contribution in [0.25, 0.3) is 11.4 Å². The van der Waals surface area contributed by atoms with E-state index >= 15 is 0 Å². The SMILES string of the molecule is O=C1CC=Nc2c1ccnc2-c1csc(NC2CCNCC2)n1. The standard InChI is InChI=1S/C16H17N5OS/c22-13-4-8-18-14-11(13)3-7-19-15(14)12-9-23-16(21-12)20-10-1-5-17-6-2-10/h3,7-10,17H,1-2,4-6H2,(H,20,21). The zero-order valence-corrected chi connectivity index (χ0v) is 13.4. The van der Waals surface area contributed by atoms with Crippen LogP contribution in [-0.2, 0) is 0 Å². The van der Waals surface area contributed by atoms with Crippen LogP contribution in [0.15, 0.2) is 22.6 Å². The average Bonchev–Trinajstić information content (AvgIpc) is 3.04. The van der Waals surface area contributed by atoms with Gasteiger partial charge in [-0.3, -0.25) is 14.8 Å². The first kappa shape index (κ1) is 14.5. The van der Waals surface area contributed by atoms with Crippen LogP contribution < -0.4 is 10.6 Å². The fourth-order valence-electron chi connectivity index (χ4n) is 2.92. The molecule has 0 atom stereocenters. The maximum absolute atomic E-state index is 12.0. The van der Waals surface area contributed by atoms with E-state index in [-0.39, 0.29) is 5.78 Å². The maximum Gasteiger partial charge on any atom is 0.183 e. The van der Waals surface area contributed by atoms with Crippen molar-refractivity contribution < 1.29 is 4.79 Å². The Labute approximate surface area is 138 Å². The highest BCUT2D eigenvalue weighted by Crippen LogP contribution is 2.35. The second-order valence-corrected chi connectivity index (χ2v) is 6.56. The van der Waals surface area contributed by atoms with E-state index in [1.54, 1.807) is 29.8 Å². The zero-order valence-electron chi connectivity index (χ0n) is 12.6. The Morgan fingerprint density at radius 1 is 1.30 bits per heavy atom. The first-order valence-electron chi connectivity index (χ1n) is 7.79. The number of pyridine rings is 1. The quantitative estimate of drug-likeness (QED) is 0.906. The molecule has 0 aromatic carbocycles. The van der Waals surface area contributed by atoms with Gasteiger partial charge in [0.15, 0.2) is 10.9 Å². The summed E-state index contributed by atoms with van der Waals surface area (Å²) in [6.45, 7) is 2.08. The molecule has 2 N–H and O–H groups in total. The Bertz CT molecular complexity index is 764. The number of hydrogen-bond donors (Lipinski definition) is 2. The van der Waals surface area contributed by atoms with Crippen LogP contribution in [0.1, 0.15) is 29.6 Å². The van der Waals surface area contributed by atoms with E-state index in [0.717, 1.165) is 36.8 Å². The number of aromatic nitrogens is 2. The number of Topliss-reactive ketones (excluding diaryl/α,β-unsaturated/α-hetero) is 1. The number of fused-ring (bicyclic) bond motifs is 1. The van der Waals surface area contributed by atoms with Crippen molar-refractivity contribution in [3.05, 3.63) is 23.2 Å². The summed E-state index contributed by atoms with van der Waals surface area (Å²) in [4.78, 5) is 25.4. The predicted molar refractivity (Wildman–Crippen MR) is 92.0 cm³/mol. The van der Waals surface area contributed by atoms with Crippen molar-refractivity contribution in [2.75, 3.05) is 18.4 Å². The number of nitrogens with one attached hydrogen (secondary N) is 2. The molecule has 0 amide bonds. The molecule has 0 unspecified atom stereocenters. The number of aliphatic imine (C=N–C) groups is 1. The number of ketones is 1. The molecule has 0 saturated carbocycles. The van der Waals surface area contributed by atoms with Crippen LogP contribution in [0.3, 0.4) is 0 Å². The summed E-state index contributed by atoms with van der Waals surface area (Å²) in [5, 5.41) is 9.72. The molecule has 4 rings (SSSR count).